The van der Waals surface area contributed by atoms with Crippen molar-refractivity contribution in [1.29, 1.82) is 0 Å². The van der Waals surface area contributed by atoms with Crippen molar-refractivity contribution in [2.45, 2.75) is 19.3 Å². The second-order valence-electron chi connectivity index (χ2n) is 3.24. The average Bonchev–Trinajstić information content (AvgIpc) is 2.62. The summed E-state index contributed by atoms with van der Waals surface area (Å²) in [6.07, 6.45) is -11.3. The van der Waals surface area contributed by atoms with Crippen LogP contribution in [-0.4, -0.2) is 29.3 Å². The molecular weight excluding hydrogens is 286 g/mol. The summed E-state index contributed by atoms with van der Waals surface area (Å²) in [5.41, 5.74) is 0. The largest absolute Gasteiger partial charge is 0.472 e. The van der Waals surface area contributed by atoms with Crippen LogP contribution in [0.2, 0.25) is 0 Å². The highest BCUT2D eigenvalue weighted by molar-refractivity contribution is 6.17. The Morgan fingerprint density at radius 2 is 1.53 bits per heavy atom. The van der Waals surface area contributed by atoms with Gasteiger partial charge < -0.3 is 4.52 Å². The van der Waals surface area contributed by atoms with Gasteiger partial charge in [-0.15, -0.1) is 0 Å². The molecule has 5 nitrogen and oxygen atoms in total. The Morgan fingerprint density at radius 3 is 1.79 bits per heavy atom. The van der Waals surface area contributed by atoms with Gasteiger partial charge in [-0.05, 0) is 6.92 Å². The third-order valence-electron chi connectivity index (χ3n) is 1.74. The highest BCUT2D eigenvalue weighted by atomic mass is 19.4. The Morgan fingerprint density at radius 1 is 1.11 bits per heavy atom. The molecule has 11 heteroatoms. The predicted octanol–water partition coefficient (Wildman–Crippen LogP) is 1.97. The van der Waals surface area contributed by atoms with Crippen molar-refractivity contribution in [2.75, 3.05) is 4.90 Å². The van der Waals surface area contributed by atoms with Gasteiger partial charge in [-0.2, -0.15) is 26.3 Å². The van der Waals surface area contributed by atoms with Crippen molar-refractivity contribution in [1.82, 2.24) is 5.16 Å². The molecule has 2 amide bonds. The molecule has 1 rings (SSSR count). The lowest BCUT2D eigenvalue weighted by atomic mass is 10.3. The topological polar surface area (TPSA) is 63.4 Å². The van der Waals surface area contributed by atoms with Crippen molar-refractivity contribution in [3.8, 4) is 0 Å². The van der Waals surface area contributed by atoms with E-state index in [1.54, 1.807) is 0 Å². The summed E-state index contributed by atoms with van der Waals surface area (Å²) in [6, 6.07) is 0.591. The summed E-state index contributed by atoms with van der Waals surface area (Å²) in [5, 5.41) is 2.79. The van der Waals surface area contributed by atoms with Crippen LogP contribution in [0.25, 0.3) is 0 Å². The second-order valence-corrected chi connectivity index (χ2v) is 3.24. The first kappa shape index (κ1) is 15.0. The fraction of sp³-hybridized carbons (Fsp3) is 0.375. The molecule has 0 radical (unpaired) electrons. The van der Waals surface area contributed by atoms with Gasteiger partial charge in [-0.3, -0.25) is 9.59 Å². The van der Waals surface area contributed by atoms with Gasteiger partial charge in [0.05, 0.1) is 0 Å². The van der Waals surface area contributed by atoms with E-state index in [2.05, 4.69) is 9.68 Å². The van der Waals surface area contributed by atoms with E-state index < -0.39 is 34.9 Å². The molecule has 0 saturated carbocycles. The first-order chi connectivity index (χ1) is 8.44. The number of imide groups is 1. The average molecular weight is 290 g/mol. The maximum atomic E-state index is 12.2. The molecule has 1 aromatic rings. The Balaban J connectivity index is 3.28. The maximum Gasteiger partial charge on any atom is 0.472 e. The molecule has 0 fully saturated rings. The molecule has 0 bridgehead atoms. The molecule has 0 atom stereocenters. The second kappa shape index (κ2) is 4.55. The zero-order valence-electron chi connectivity index (χ0n) is 8.96. The number of anilines is 1. The lowest BCUT2D eigenvalue weighted by molar-refractivity contribution is -0.182. The number of carbonyl (C=O) groups excluding carboxylic acids is 2. The number of alkyl halides is 6. The third kappa shape index (κ3) is 3.23. The molecule has 19 heavy (non-hydrogen) atoms. The Kier molecular flexibility index (Phi) is 3.59. The van der Waals surface area contributed by atoms with Crippen LogP contribution in [0.3, 0.4) is 0 Å². The van der Waals surface area contributed by atoms with Crippen LogP contribution < -0.4 is 4.90 Å². The minimum Gasteiger partial charge on any atom is -0.360 e. The monoisotopic (exact) mass is 290 g/mol. The third-order valence-corrected chi connectivity index (χ3v) is 1.74. The number of amides is 2. The van der Waals surface area contributed by atoms with Crippen molar-refractivity contribution < 1.29 is 40.5 Å². The van der Waals surface area contributed by atoms with Crippen molar-refractivity contribution >= 4 is 17.6 Å². The molecule has 1 heterocycles. The van der Waals surface area contributed by atoms with Crippen LogP contribution >= 0.6 is 0 Å². The zero-order valence-corrected chi connectivity index (χ0v) is 8.96. The molecule has 0 spiro atoms. The predicted molar refractivity (Wildman–Crippen MR) is 45.8 cm³/mol. The van der Waals surface area contributed by atoms with Gasteiger partial charge in [0.25, 0.3) is 0 Å². The van der Waals surface area contributed by atoms with E-state index >= 15 is 0 Å². The summed E-state index contributed by atoms with van der Waals surface area (Å²) in [6.45, 7) is 1.16. The van der Waals surface area contributed by atoms with E-state index in [0.29, 0.717) is 6.07 Å². The summed E-state index contributed by atoms with van der Waals surface area (Å²) in [7, 11) is 0. The van der Waals surface area contributed by atoms with Crippen molar-refractivity contribution in [3.63, 3.8) is 0 Å². The lowest BCUT2D eigenvalue weighted by Crippen LogP contribution is -2.50. The van der Waals surface area contributed by atoms with Crippen LogP contribution in [0.1, 0.15) is 5.76 Å². The molecular formula is C8H4F6N2O3. The Hall–Kier alpha value is -2.07. The fourth-order valence-electron chi connectivity index (χ4n) is 1.01. The molecule has 0 N–H and O–H groups in total. The van der Waals surface area contributed by atoms with Gasteiger partial charge in [0.2, 0.25) is 0 Å². The van der Waals surface area contributed by atoms with Gasteiger partial charge in [-0.25, -0.2) is 4.90 Å². The van der Waals surface area contributed by atoms with Crippen LogP contribution in [0.15, 0.2) is 10.6 Å². The quantitative estimate of drug-likeness (QED) is 0.742. The summed E-state index contributed by atoms with van der Waals surface area (Å²) in [5.74, 6) is -7.39. The molecule has 0 saturated heterocycles. The van der Waals surface area contributed by atoms with E-state index in [9.17, 15) is 35.9 Å². The first-order valence-electron chi connectivity index (χ1n) is 4.40. The van der Waals surface area contributed by atoms with Crippen LogP contribution in [0.5, 0.6) is 0 Å². The van der Waals surface area contributed by atoms with Crippen molar-refractivity contribution in [2.24, 2.45) is 0 Å². The number of hydrogen-bond donors (Lipinski definition) is 0. The Bertz CT molecular complexity index is 477. The van der Waals surface area contributed by atoms with Gasteiger partial charge in [0, 0.05) is 6.07 Å². The van der Waals surface area contributed by atoms with E-state index in [1.165, 1.54) is 0 Å². The van der Waals surface area contributed by atoms with Gasteiger partial charge >= 0.3 is 24.2 Å². The van der Waals surface area contributed by atoms with Crippen LogP contribution in [-0.2, 0) is 9.59 Å². The van der Waals surface area contributed by atoms with E-state index in [-0.39, 0.29) is 5.76 Å². The van der Waals surface area contributed by atoms with Gasteiger partial charge in [0.1, 0.15) is 5.76 Å². The molecule has 0 aliphatic heterocycles. The van der Waals surface area contributed by atoms with Crippen LogP contribution in [0.4, 0.5) is 32.2 Å². The molecule has 0 aliphatic rings. The van der Waals surface area contributed by atoms with Crippen LogP contribution in [0, 0.1) is 6.92 Å². The standard InChI is InChI=1S/C8H4F6N2O3/c1-3-2-4(15-19-3)16(5(17)7(9,10)11)6(18)8(12,13)14/h2H,1H3. The maximum absolute atomic E-state index is 12.2. The van der Waals surface area contributed by atoms with Gasteiger partial charge in [-0.1, -0.05) is 5.16 Å². The fourth-order valence-corrected chi connectivity index (χ4v) is 1.01. The highest BCUT2D eigenvalue weighted by Gasteiger charge is 2.53. The number of halogens is 6. The molecule has 0 aromatic carbocycles. The Labute approximate surface area is 100 Å². The number of hydrogen-bond acceptors (Lipinski definition) is 4. The molecule has 0 aliphatic carbocycles. The summed E-state index contributed by atoms with van der Waals surface area (Å²) < 4.78 is 77.3. The van der Waals surface area contributed by atoms with E-state index in [4.69, 9.17) is 0 Å². The lowest BCUT2D eigenvalue weighted by Gasteiger charge is -2.19. The minimum atomic E-state index is -5.67. The normalized spacial score (nSPS) is 12.4. The smallest absolute Gasteiger partial charge is 0.360 e. The minimum absolute atomic E-state index is 0.176. The number of nitrogens with zero attached hydrogens (tertiary/aromatic N) is 2. The SMILES string of the molecule is Cc1cc(N(C(=O)C(F)(F)F)C(=O)C(F)(F)F)no1. The number of aryl methyl sites for hydroxylation is 1. The summed E-state index contributed by atoms with van der Waals surface area (Å²) >= 11 is 0. The van der Waals surface area contributed by atoms with Crippen molar-refractivity contribution in [3.05, 3.63) is 11.8 Å². The number of carbonyl (C=O) groups is 2. The first-order valence-corrected chi connectivity index (χ1v) is 4.40. The van der Waals surface area contributed by atoms with Gasteiger partial charge in [0.15, 0.2) is 5.82 Å². The molecule has 0 unspecified atom stereocenters. The van der Waals surface area contributed by atoms with E-state index in [1.807, 2.05) is 0 Å². The number of rotatable bonds is 1. The molecule has 1 aromatic heterocycles. The highest BCUT2D eigenvalue weighted by Crippen LogP contribution is 2.28. The molecule has 106 valence electrons. The number of aromatic nitrogens is 1. The zero-order chi connectivity index (χ0) is 15.0. The summed E-state index contributed by atoms with van der Waals surface area (Å²) in [4.78, 5) is 20.6. The van der Waals surface area contributed by atoms with E-state index in [0.717, 1.165) is 6.92 Å².